The third kappa shape index (κ3) is 4.14. The molecule has 14 heteroatoms. The number of amides is 1. The van der Waals surface area contributed by atoms with Crippen LogP contribution >= 0.6 is 0 Å². The molecule has 3 aromatic rings. The van der Waals surface area contributed by atoms with Gasteiger partial charge in [-0.2, -0.15) is 21.6 Å². The van der Waals surface area contributed by atoms with E-state index in [0.29, 0.717) is 36.1 Å². The molecule has 1 aliphatic heterocycles. The van der Waals surface area contributed by atoms with Crippen LogP contribution in [0.3, 0.4) is 0 Å². The predicted octanol–water partition coefficient (Wildman–Crippen LogP) is 1.17. The maximum Gasteiger partial charge on any atom is 0.534 e. The summed E-state index contributed by atoms with van der Waals surface area (Å²) in [6, 6.07) is 6.35. The Bertz CT molecular complexity index is 1340. The van der Waals surface area contributed by atoms with Gasteiger partial charge >= 0.3 is 21.6 Å². The first-order valence-electron chi connectivity index (χ1n) is 9.46. The van der Waals surface area contributed by atoms with Crippen LogP contribution in [-0.4, -0.2) is 53.3 Å². The second-order valence-electron chi connectivity index (χ2n) is 7.11. The van der Waals surface area contributed by atoms with Crippen LogP contribution in [0.15, 0.2) is 35.1 Å². The lowest BCUT2D eigenvalue weighted by Gasteiger charge is -2.23. The van der Waals surface area contributed by atoms with Crippen molar-refractivity contribution in [1.29, 1.82) is 0 Å². The minimum atomic E-state index is -6.08. The summed E-state index contributed by atoms with van der Waals surface area (Å²) >= 11 is 0. The van der Waals surface area contributed by atoms with Gasteiger partial charge in [0.2, 0.25) is 5.91 Å². The summed E-state index contributed by atoms with van der Waals surface area (Å²) in [7, 11) is -6.08. The molecule has 0 bridgehead atoms. The summed E-state index contributed by atoms with van der Waals surface area (Å²) in [4.78, 5) is 25.3. The Balaban J connectivity index is 1.78. The molecular formula is C18H17F3N4O6S. The summed E-state index contributed by atoms with van der Waals surface area (Å²) in [5.41, 5.74) is -6.52. The number of halogens is 3. The molecule has 1 fully saturated rings. The topological polar surface area (TPSA) is 121 Å². The van der Waals surface area contributed by atoms with Crippen molar-refractivity contribution in [3.8, 4) is 6.01 Å². The van der Waals surface area contributed by atoms with Crippen LogP contribution in [0.2, 0.25) is 0 Å². The molecule has 3 heterocycles. The average Bonchev–Trinajstić information content (AvgIpc) is 3.11. The molecule has 1 aliphatic rings. The number of rotatable bonds is 5. The van der Waals surface area contributed by atoms with Crippen molar-refractivity contribution in [2.24, 2.45) is 0 Å². The Morgan fingerprint density at radius 1 is 1.22 bits per heavy atom. The number of aromatic nitrogens is 3. The number of ether oxygens (including phenoxy) is 1. The Hall–Kier alpha value is -3.13. The Kier molecular flexibility index (Phi) is 5.58. The molecule has 0 aliphatic carbocycles. The second-order valence-corrected chi connectivity index (χ2v) is 8.64. The maximum absolute atomic E-state index is 12.9. The number of para-hydroxylation sites is 1. The van der Waals surface area contributed by atoms with Crippen LogP contribution < -0.4 is 15.1 Å². The minimum absolute atomic E-state index is 0.187. The van der Waals surface area contributed by atoms with E-state index in [1.54, 1.807) is 18.2 Å². The number of hydrogen-bond acceptors (Lipinski definition) is 7. The molecule has 0 atom stereocenters. The largest absolute Gasteiger partial charge is 0.534 e. The van der Waals surface area contributed by atoms with Gasteiger partial charge in [0.25, 0.3) is 5.56 Å². The molecule has 32 heavy (non-hydrogen) atoms. The van der Waals surface area contributed by atoms with Gasteiger partial charge in [-0.15, -0.1) is 5.10 Å². The third-order valence-corrected chi connectivity index (χ3v) is 5.84. The molecule has 0 spiro atoms. The number of carbonyl (C=O) groups excluding carboxylic acids is 1. The Labute approximate surface area is 178 Å². The van der Waals surface area contributed by atoms with Gasteiger partial charge in [-0.3, -0.25) is 14.0 Å². The molecule has 1 aromatic carbocycles. The van der Waals surface area contributed by atoms with Gasteiger partial charge in [0.1, 0.15) is 12.1 Å². The number of alkyl halides is 3. The fourth-order valence-electron chi connectivity index (χ4n) is 3.40. The van der Waals surface area contributed by atoms with Gasteiger partial charge in [0, 0.05) is 24.6 Å². The minimum Gasteiger partial charge on any atom is -0.381 e. The van der Waals surface area contributed by atoms with Gasteiger partial charge in [-0.05, 0) is 25.0 Å². The number of benzene rings is 1. The molecule has 1 saturated heterocycles. The first kappa shape index (κ1) is 22.1. The monoisotopic (exact) mass is 474 g/mol. The van der Waals surface area contributed by atoms with Gasteiger partial charge in [0.15, 0.2) is 0 Å². The van der Waals surface area contributed by atoms with E-state index in [-0.39, 0.29) is 17.1 Å². The highest BCUT2D eigenvalue weighted by atomic mass is 32.2. The van der Waals surface area contributed by atoms with Crippen molar-refractivity contribution in [2.75, 3.05) is 13.2 Å². The van der Waals surface area contributed by atoms with Crippen molar-refractivity contribution in [3.63, 3.8) is 0 Å². The van der Waals surface area contributed by atoms with E-state index < -0.39 is 39.6 Å². The first-order chi connectivity index (χ1) is 15.1. The quantitative estimate of drug-likeness (QED) is 0.435. The van der Waals surface area contributed by atoms with Gasteiger partial charge in [0.05, 0.1) is 5.52 Å². The SMILES string of the molecule is O=C(Cn1nc(OS(=O)(=O)C(F)(F)F)n2c(cc3ccccc32)c1=O)NC1CCOCC1. The van der Waals surface area contributed by atoms with E-state index in [1.807, 2.05) is 0 Å². The number of nitrogens with one attached hydrogen (secondary N) is 1. The van der Waals surface area contributed by atoms with E-state index in [9.17, 15) is 31.2 Å². The van der Waals surface area contributed by atoms with Crippen LogP contribution in [0.5, 0.6) is 6.01 Å². The number of carbonyl (C=O) groups is 1. The first-order valence-corrected chi connectivity index (χ1v) is 10.9. The summed E-state index contributed by atoms with van der Waals surface area (Å²) in [5, 5.41) is 6.77. The molecule has 1 N–H and O–H groups in total. The van der Waals surface area contributed by atoms with Crippen molar-refractivity contribution < 1.29 is 35.3 Å². The van der Waals surface area contributed by atoms with Crippen LogP contribution in [0.1, 0.15) is 12.8 Å². The summed E-state index contributed by atoms with van der Waals surface area (Å²) < 4.78 is 72.9. The van der Waals surface area contributed by atoms with Crippen LogP contribution in [-0.2, 0) is 26.2 Å². The number of hydrogen-bond donors (Lipinski definition) is 1. The summed E-state index contributed by atoms with van der Waals surface area (Å²) in [5.74, 6) is -0.614. The van der Waals surface area contributed by atoms with Gasteiger partial charge in [-0.25, -0.2) is 4.68 Å². The molecule has 4 rings (SSSR count). The summed E-state index contributed by atoms with van der Waals surface area (Å²) in [6.45, 7) is 0.273. The maximum atomic E-state index is 12.9. The van der Waals surface area contributed by atoms with Crippen LogP contribution in [0, 0.1) is 0 Å². The van der Waals surface area contributed by atoms with E-state index in [4.69, 9.17) is 4.74 Å². The zero-order valence-electron chi connectivity index (χ0n) is 16.3. The molecule has 0 unspecified atom stereocenters. The zero-order chi connectivity index (χ0) is 23.1. The van der Waals surface area contributed by atoms with Crippen molar-refractivity contribution in [2.45, 2.75) is 30.9 Å². The highest BCUT2D eigenvalue weighted by Gasteiger charge is 2.49. The molecule has 10 nitrogen and oxygen atoms in total. The molecule has 2 aromatic heterocycles. The normalized spacial score (nSPS) is 15.8. The standard InChI is InChI=1S/C18H17F3N4O6S/c19-18(20,21)32(28,29)31-17-23-24(10-15(26)22-12-5-7-30-8-6-12)16(27)14-9-11-3-1-2-4-13(11)25(14)17/h1-4,9,12H,5-8,10H2,(H,22,26). The fraction of sp³-hybridized carbons (Fsp3) is 0.389. The number of fused-ring (bicyclic) bond motifs is 3. The van der Waals surface area contributed by atoms with Gasteiger partial charge < -0.3 is 14.2 Å². The molecule has 172 valence electrons. The zero-order valence-corrected chi connectivity index (χ0v) is 17.1. The molecule has 0 radical (unpaired) electrons. The summed E-state index contributed by atoms with van der Waals surface area (Å²) in [6.07, 6.45) is 1.13. The lowest BCUT2D eigenvalue weighted by molar-refractivity contribution is -0.123. The lowest BCUT2D eigenvalue weighted by atomic mass is 10.1. The highest BCUT2D eigenvalue weighted by molar-refractivity contribution is 7.87. The second kappa shape index (κ2) is 8.09. The predicted molar refractivity (Wildman–Crippen MR) is 105 cm³/mol. The Morgan fingerprint density at radius 2 is 1.91 bits per heavy atom. The number of nitrogens with zero attached hydrogens (tertiary/aromatic N) is 3. The molecular weight excluding hydrogens is 457 g/mol. The van der Waals surface area contributed by atoms with E-state index in [2.05, 4.69) is 14.6 Å². The van der Waals surface area contributed by atoms with Crippen molar-refractivity contribution >= 4 is 32.4 Å². The third-order valence-electron chi connectivity index (χ3n) is 4.91. The average molecular weight is 474 g/mol. The van der Waals surface area contributed by atoms with Gasteiger partial charge in [-0.1, -0.05) is 18.2 Å². The molecule has 0 saturated carbocycles. The van der Waals surface area contributed by atoms with Crippen molar-refractivity contribution in [3.05, 3.63) is 40.7 Å². The van der Waals surface area contributed by atoms with E-state index >= 15 is 0 Å². The fourth-order valence-corrected chi connectivity index (χ4v) is 3.80. The van der Waals surface area contributed by atoms with E-state index in [0.717, 1.165) is 4.40 Å². The molecule has 1 amide bonds. The van der Waals surface area contributed by atoms with Crippen molar-refractivity contribution in [1.82, 2.24) is 19.5 Å². The van der Waals surface area contributed by atoms with Crippen LogP contribution in [0.25, 0.3) is 16.4 Å². The highest BCUT2D eigenvalue weighted by Crippen LogP contribution is 2.28. The Morgan fingerprint density at radius 3 is 2.59 bits per heavy atom. The smallest absolute Gasteiger partial charge is 0.381 e. The van der Waals surface area contributed by atoms with E-state index in [1.165, 1.54) is 12.1 Å². The van der Waals surface area contributed by atoms with Crippen LogP contribution in [0.4, 0.5) is 13.2 Å². The lowest BCUT2D eigenvalue weighted by Crippen LogP contribution is -2.42.